The molecular weight excluding hydrogens is 382 g/mol. The van der Waals surface area contributed by atoms with Crippen molar-refractivity contribution < 1.29 is 4.79 Å². The largest absolute Gasteiger partial charge is 0.353 e. The summed E-state index contributed by atoms with van der Waals surface area (Å²) in [5.41, 5.74) is 4.75. The Kier molecular flexibility index (Phi) is 5.03. The molecule has 5 aromatic rings. The molecule has 2 heterocycles. The van der Waals surface area contributed by atoms with E-state index >= 15 is 0 Å². The summed E-state index contributed by atoms with van der Waals surface area (Å²) in [7, 11) is 0. The third-order valence-corrected chi connectivity index (χ3v) is 5.33. The maximum atomic E-state index is 13.2. The van der Waals surface area contributed by atoms with Crippen LogP contribution in [-0.4, -0.2) is 15.9 Å². The van der Waals surface area contributed by atoms with E-state index in [1.54, 1.807) is 17.1 Å². The van der Waals surface area contributed by atoms with Crippen molar-refractivity contribution in [1.29, 1.82) is 0 Å². The van der Waals surface area contributed by atoms with E-state index < -0.39 is 0 Å². The van der Waals surface area contributed by atoms with Gasteiger partial charge in [0.15, 0.2) is 0 Å². The Labute approximate surface area is 180 Å². The molecule has 0 spiro atoms. The number of para-hydroxylation sites is 2. The molecule has 3 aromatic carbocycles. The molecule has 0 bridgehead atoms. The average Bonchev–Trinajstić information content (AvgIpc) is 3.20. The number of anilines is 1. The molecule has 5 rings (SSSR count). The highest BCUT2D eigenvalue weighted by Crippen LogP contribution is 2.25. The second-order valence-electron chi connectivity index (χ2n) is 7.40. The molecule has 31 heavy (non-hydrogen) atoms. The van der Waals surface area contributed by atoms with Crippen LogP contribution < -0.4 is 4.90 Å². The number of amides is 1. The van der Waals surface area contributed by atoms with Gasteiger partial charge in [-0.05, 0) is 35.9 Å². The number of carbonyl (C=O) groups is 1. The molecule has 0 saturated carbocycles. The standard InChI is InChI=1S/C27H21N3O/c31-27(30(22-11-5-2-6-12-22)19-20-9-3-1-4-10-20)16-15-21-17-24-23-13-7-8-14-25(23)29-26(24)18-28-21/h1-18,29H,19H2/b16-15+. The van der Waals surface area contributed by atoms with Gasteiger partial charge in [-0.15, -0.1) is 0 Å². The molecule has 0 aliphatic rings. The first-order valence-electron chi connectivity index (χ1n) is 10.2. The highest BCUT2D eigenvalue weighted by atomic mass is 16.2. The summed E-state index contributed by atoms with van der Waals surface area (Å²) >= 11 is 0. The van der Waals surface area contributed by atoms with Crippen molar-refractivity contribution >= 4 is 39.5 Å². The molecule has 0 fully saturated rings. The molecule has 4 heteroatoms. The first kappa shape index (κ1) is 18.8. The third kappa shape index (κ3) is 3.96. The SMILES string of the molecule is O=C(/C=C/c1cc2c(cn1)[nH]c1ccccc12)N(Cc1ccccc1)c1ccccc1. The van der Waals surface area contributed by atoms with Crippen LogP contribution in [0.3, 0.4) is 0 Å². The lowest BCUT2D eigenvalue weighted by Gasteiger charge is -2.21. The number of nitrogens with one attached hydrogen (secondary N) is 1. The number of H-pyrrole nitrogens is 1. The van der Waals surface area contributed by atoms with Gasteiger partial charge in [-0.1, -0.05) is 66.7 Å². The van der Waals surface area contributed by atoms with Gasteiger partial charge in [0.25, 0.3) is 5.91 Å². The van der Waals surface area contributed by atoms with E-state index in [4.69, 9.17) is 0 Å². The molecule has 0 radical (unpaired) electrons. The van der Waals surface area contributed by atoms with Crippen LogP contribution >= 0.6 is 0 Å². The van der Waals surface area contributed by atoms with E-state index in [1.807, 2.05) is 85.1 Å². The normalized spacial score (nSPS) is 11.4. The van der Waals surface area contributed by atoms with Gasteiger partial charge in [-0.2, -0.15) is 0 Å². The van der Waals surface area contributed by atoms with E-state index in [-0.39, 0.29) is 5.91 Å². The Morgan fingerprint density at radius 1 is 0.839 bits per heavy atom. The second-order valence-corrected chi connectivity index (χ2v) is 7.40. The van der Waals surface area contributed by atoms with Crippen LogP contribution in [0.5, 0.6) is 0 Å². The molecule has 1 amide bonds. The molecule has 0 aliphatic heterocycles. The Balaban J connectivity index is 1.45. The van der Waals surface area contributed by atoms with Crippen molar-refractivity contribution in [2.45, 2.75) is 6.54 Å². The Hall–Kier alpha value is -4.18. The molecule has 0 saturated heterocycles. The highest BCUT2D eigenvalue weighted by Gasteiger charge is 2.14. The van der Waals surface area contributed by atoms with Crippen LogP contribution in [0, 0.1) is 0 Å². The minimum Gasteiger partial charge on any atom is -0.353 e. The Morgan fingerprint density at radius 3 is 2.35 bits per heavy atom. The molecule has 150 valence electrons. The van der Waals surface area contributed by atoms with Gasteiger partial charge in [0, 0.05) is 28.1 Å². The topological polar surface area (TPSA) is 49.0 Å². The number of aromatic amines is 1. The number of pyridine rings is 1. The second kappa shape index (κ2) is 8.28. The maximum Gasteiger partial charge on any atom is 0.251 e. The predicted molar refractivity (Wildman–Crippen MR) is 127 cm³/mol. The van der Waals surface area contributed by atoms with E-state index in [0.29, 0.717) is 6.54 Å². The fourth-order valence-corrected chi connectivity index (χ4v) is 3.77. The number of fused-ring (bicyclic) bond motifs is 3. The predicted octanol–water partition coefficient (Wildman–Crippen LogP) is 5.96. The number of nitrogens with zero attached hydrogens (tertiary/aromatic N) is 2. The summed E-state index contributed by atoms with van der Waals surface area (Å²) in [4.78, 5) is 22.8. The van der Waals surface area contributed by atoms with Gasteiger partial charge in [0.2, 0.25) is 0 Å². The van der Waals surface area contributed by atoms with E-state index in [0.717, 1.165) is 38.8 Å². The molecule has 4 nitrogen and oxygen atoms in total. The molecule has 0 aliphatic carbocycles. The quantitative estimate of drug-likeness (QED) is 0.368. The number of carbonyl (C=O) groups excluding carboxylic acids is 1. The lowest BCUT2D eigenvalue weighted by Crippen LogP contribution is -2.28. The highest BCUT2D eigenvalue weighted by molar-refractivity contribution is 6.08. The first-order chi connectivity index (χ1) is 15.3. The van der Waals surface area contributed by atoms with Crippen molar-refractivity contribution in [1.82, 2.24) is 9.97 Å². The van der Waals surface area contributed by atoms with Gasteiger partial charge >= 0.3 is 0 Å². The lowest BCUT2D eigenvalue weighted by atomic mass is 10.1. The summed E-state index contributed by atoms with van der Waals surface area (Å²) in [6.45, 7) is 0.503. The summed E-state index contributed by atoms with van der Waals surface area (Å²) < 4.78 is 0. The summed E-state index contributed by atoms with van der Waals surface area (Å²) in [6, 6.07) is 29.9. The monoisotopic (exact) mass is 403 g/mol. The van der Waals surface area contributed by atoms with Gasteiger partial charge in [-0.25, -0.2) is 0 Å². The maximum absolute atomic E-state index is 13.2. The zero-order chi connectivity index (χ0) is 21.0. The Bertz CT molecular complexity index is 1370. The number of rotatable bonds is 5. The zero-order valence-electron chi connectivity index (χ0n) is 16.9. The van der Waals surface area contributed by atoms with E-state index in [1.165, 1.54) is 0 Å². The van der Waals surface area contributed by atoms with Crippen molar-refractivity contribution in [3.63, 3.8) is 0 Å². The minimum atomic E-state index is -0.0872. The van der Waals surface area contributed by atoms with E-state index in [9.17, 15) is 4.79 Å². The molecule has 0 atom stereocenters. The van der Waals surface area contributed by atoms with E-state index in [2.05, 4.69) is 22.1 Å². The molecular formula is C27H21N3O. The summed E-state index contributed by atoms with van der Waals surface area (Å²) in [6.07, 6.45) is 5.20. The van der Waals surface area contributed by atoms with Gasteiger partial charge in [-0.3, -0.25) is 9.78 Å². The number of aromatic nitrogens is 2. The van der Waals surface area contributed by atoms with Crippen LogP contribution in [0.4, 0.5) is 5.69 Å². The Morgan fingerprint density at radius 2 is 1.55 bits per heavy atom. The summed E-state index contributed by atoms with van der Waals surface area (Å²) in [5, 5.41) is 2.25. The van der Waals surface area contributed by atoms with Crippen LogP contribution in [0.15, 0.2) is 103 Å². The van der Waals surface area contributed by atoms with Gasteiger partial charge in [0.05, 0.1) is 24.0 Å². The van der Waals surface area contributed by atoms with Crippen LogP contribution in [-0.2, 0) is 11.3 Å². The first-order valence-corrected chi connectivity index (χ1v) is 10.2. The molecule has 0 unspecified atom stereocenters. The summed E-state index contributed by atoms with van der Waals surface area (Å²) in [5.74, 6) is -0.0872. The molecule has 1 N–H and O–H groups in total. The zero-order valence-corrected chi connectivity index (χ0v) is 16.9. The van der Waals surface area contributed by atoms with Gasteiger partial charge < -0.3 is 9.88 Å². The fourth-order valence-electron chi connectivity index (χ4n) is 3.77. The van der Waals surface area contributed by atoms with Crippen LogP contribution in [0.25, 0.3) is 27.9 Å². The fraction of sp³-hybridized carbons (Fsp3) is 0.0370. The lowest BCUT2D eigenvalue weighted by molar-refractivity contribution is -0.114. The third-order valence-electron chi connectivity index (χ3n) is 5.33. The smallest absolute Gasteiger partial charge is 0.251 e. The van der Waals surface area contributed by atoms with Crippen molar-refractivity contribution in [3.05, 3.63) is 115 Å². The molecule has 2 aromatic heterocycles. The average molecular weight is 403 g/mol. The van der Waals surface area contributed by atoms with Gasteiger partial charge in [0.1, 0.15) is 0 Å². The van der Waals surface area contributed by atoms with Crippen LogP contribution in [0.2, 0.25) is 0 Å². The van der Waals surface area contributed by atoms with Crippen molar-refractivity contribution in [2.75, 3.05) is 4.90 Å². The van der Waals surface area contributed by atoms with Crippen molar-refractivity contribution in [2.24, 2.45) is 0 Å². The number of hydrogen-bond acceptors (Lipinski definition) is 2. The van der Waals surface area contributed by atoms with Crippen LogP contribution in [0.1, 0.15) is 11.3 Å². The number of hydrogen-bond donors (Lipinski definition) is 1. The minimum absolute atomic E-state index is 0.0872. The number of benzene rings is 3. The van der Waals surface area contributed by atoms with Crippen molar-refractivity contribution in [3.8, 4) is 0 Å².